The van der Waals surface area contributed by atoms with E-state index in [0.717, 1.165) is 5.56 Å². The maximum atomic E-state index is 12.4. The van der Waals surface area contributed by atoms with E-state index in [2.05, 4.69) is 10.6 Å². The SMILES string of the molecule is O=C(O)CCC(NC(=O)OCc1ccccc1)C(=O)Nc1ccccc1. The fourth-order valence-electron chi connectivity index (χ4n) is 2.19. The summed E-state index contributed by atoms with van der Waals surface area (Å²) in [6.07, 6.45) is -1.09. The molecule has 0 saturated heterocycles. The Morgan fingerprint density at radius 3 is 2.19 bits per heavy atom. The molecule has 2 aromatic carbocycles. The highest BCUT2D eigenvalue weighted by Crippen LogP contribution is 2.08. The molecule has 0 aliphatic carbocycles. The van der Waals surface area contributed by atoms with Gasteiger partial charge in [-0.2, -0.15) is 0 Å². The molecular formula is C19H20N2O5. The maximum Gasteiger partial charge on any atom is 0.408 e. The molecule has 0 radical (unpaired) electrons. The molecule has 0 aliphatic rings. The van der Waals surface area contributed by atoms with Gasteiger partial charge in [0, 0.05) is 12.1 Å². The number of carbonyl (C=O) groups excluding carboxylic acids is 2. The van der Waals surface area contributed by atoms with E-state index in [4.69, 9.17) is 9.84 Å². The molecule has 2 aromatic rings. The van der Waals surface area contributed by atoms with Gasteiger partial charge in [0.1, 0.15) is 12.6 Å². The topological polar surface area (TPSA) is 105 Å². The number of hydrogen-bond donors (Lipinski definition) is 3. The van der Waals surface area contributed by atoms with Crippen molar-refractivity contribution >= 4 is 23.7 Å². The highest BCUT2D eigenvalue weighted by atomic mass is 16.5. The number of amides is 2. The molecule has 0 fully saturated rings. The average molecular weight is 356 g/mol. The molecule has 0 aliphatic heterocycles. The van der Waals surface area contributed by atoms with Crippen LogP contribution in [0.2, 0.25) is 0 Å². The number of aliphatic carboxylic acids is 1. The Bertz CT molecular complexity index is 734. The van der Waals surface area contributed by atoms with Crippen LogP contribution in [0.1, 0.15) is 18.4 Å². The van der Waals surface area contributed by atoms with E-state index >= 15 is 0 Å². The van der Waals surface area contributed by atoms with Crippen LogP contribution in [0.3, 0.4) is 0 Å². The Hall–Kier alpha value is -3.35. The van der Waals surface area contributed by atoms with Crippen LogP contribution in [-0.4, -0.2) is 29.1 Å². The van der Waals surface area contributed by atoms with Crippen molar-refractivity contribution in [2.45, 2.75) is 25.5 Å². The molecule has 3 N–H and O–H groups in total. The van der Waals surface area contributed by atoms with Crippen molar-refractivity contribution in [3.05, 3.63) is 66.2 Å². The van der Waals surface area contributed by atoms with Crippen molar-refractivity contribution in [1.29, 1.82) is 0 Å². The number of ether oxygens (including phenoxy) is 1. The second kappa shape index (κ2) is 9.83. The first-order valence-corrected chi connectivity index (χ1v) is 8.09. The number of nitrogens with one attached hydrogen (secondary N) is 2. The van der Waals surface area contributed by atoms with Crippen LogP contribution in [0, 0.1) is 0 Å². The summed E-state index contributed by atoms with van der Waals surface area (Å²) in [5, 5.41) is 13.9. The molecule has 7 heteroatoms. The van der Waals surface area contributed by atoms with E-state index in [1.54, 1.807) is 42.5 Å². The summed E-state index contributed by atoms with van der Waals surface area (Å²) in [6.45, 7) is 0.0542. The number of rotatable bonds is 8. The normalized spacial score (nSPS) is 11.2. The van der Waals surface area contributed by atoms with Crippen LogP contribution < -0.4 is 10.6 Å². The molecule has 7 nitrogen and oxygen atoms in total. The monoisotopic (exact) mass is 356 g/mol. The van der Waals surface area contributed by atoms with Crippen LogP contribution in [0.5, 0.6) is 0 Å². The zero-order valence-corrected chi connectivity index (χ0v) is 14.1. The van der Waals surface area contributed by atoms with Crippen LogP contribution in [0.4, 0.5) is 10.5 Å². The summed E-state index contributed by atoms with van der Waals surface area (Å²) < 4.78 is 5.09. The molecule has 1 unspecified atom stereocenters. The van der Waals surface area contributed by atoms with Crippen LogP contribution >= 0.6 is 0 Å². The maximum absolute atomic E-state index is 12.4. The van der Waals surface area contributed by atoms with Gasteiger partial charge < -0.3 is 20.5 Å². The first kappa shape index (κ1) is 19.0. The van der Waals surface area contributed by atoms with Gasteiger partial charge in [-0.25, -0.2) is 4.79 Å². The predicted molar refractivity (Wildman–Crippen MR) is 95.5 cm³/mol. The summed E-state index contributed by atoms with van der Waals surface area (Å²) >= 11 is 0. The summed E-state index contributed by atoms with van der Waals surface area (Å²) in [6, 6.07) is 16.8. The first-order valence-electron chi connectivity index (χ1n) is 8.09. The number of carboxylic acids is 1. The van der Waals surface area contributed by atoms with Gasteiger partial charge in [-0.3, -0.25) is 9.59 Å². The second-order valence-electron chi connectivity index (χ2n) is 5.55. The molecule has 0 bridgehead atoms. The number of alkyl carbamates (subject to hydrolysis) is 1. The van der Waals surface area contributed by atoms with Gasteiger partial charge in [0.25, 0.3) is 0 Å². The number of carboxylic acid groups (broad SMARTS) is 1. The van der Waals surface area contributed by atoms with Crippen molar-refractivity contribution in [3.63, 3.8) is 0 Å². The number of anilines is 1. The van der Waals surface area contributed by atoms with Gasteiger partial charge in [0.05, 0.1) is 0 Å². The molecule has 136 valence electrons. The molecular weight excluding hydrogens is 336 g/mol. The van der Waals surface area contributed by atoms with Crippen molar-refractivity contribution in [3.8, 4) is 0 Å². The highest BCUT2D eigenvalue weighted by Gasteiger charge is 2.22. The van der Waals surface area contributed by atoms with Gasteiger partial charge in [-0.1, -0.05) is 48.5 Å². The third-order valence-corrected chi connectivity index (χ3v) is 3.51. The smallest absolute Gasteiger partial charge is 0.408 e. The minimum absolute atomic E-state index is 0.0472. The molecule has 0 spiro atoms. The minimum Gasteiger partial charge on any atom is -0.481 e. The standard InChI is InChI=1S/C19H20N2O5/c22-17(23)12-11-16(18(24)20-15-9-5-2-6-10-15)21-19(25)26-13-14-7-3-1-4-8-14/h1-10,16H,11-13H2,(H,20,24)(H,21,25)(H,22,23). The minimum atomic E-state index is -1.05. The Morgan fingerprint density at radius 1 is 0.962 bits per heavy atom. The van der Waals surface area contributed by atoms with Crippen molar-refractivity contribution in [2.75, 3.05) is 5.32 Å². The van der Waals surface area contributed by atoms with Gasteiger partial charge in [-0.05, 0) is 24.1 Å². The lowest BCUT2D eigenvalue weighted by Crippen LogP contribution is -2.44. The molecule has 26 heavy (non-hydrogen) atoms. The van der Waals surface area contributed by atoms with Gasteiger partial charge in [0.15, 0.2) is 0 Å². The van der Waals surface area contributed by atoms with Gasteiger partial charge in [0.2, 0.25) is 5.91 Å². The highest BCUT2D eigenvalue weighted by molar-refractivity contribution is 5.96. The molecule has 2 amide bonds. The summed E-state index contributed by atoms with van der Waals surface area (Å²) in [5.41, 5.74) is 1.36. The predicted octanol–water partition coefficient (Wildman–Crippen LogP) is 2.78. The number of para-hydroxylation sites is 1. The van der Waals surface area contributed by atoms with E-state index in [-0.39, 0.29) is 19.4 Å². The lowest BCUT2D eigenvalue weighted by atomic mass is 10.1. The zero-order chi connectivity index (χ0) is 18.8. The van der Waals surface area contributed by atoms with Gasteiger partial charge >= 0.3 is 12.1 Å². The molecule has 0 heterocycles. The number of carbonyl (C=O) groups is 3. The number of benzene rings is 2. The second-order valence-corrected chi connectivity index (χ2v) is 5.55. The lowest BCUT2D eigenvalue weighted by Gasteiger charge is -2.17. The Morgan fingerprint density at radius 2 is 1.58 bits per heavy atom. The largest absolute Gasteiger partial charge is 0.481 e. The van der Waals surface area contributed by atoms with E-state index in [9.17, 15) is 14.4 Å². The van der Waals surface area contributed by atoms with E-state index in [0.29, 0.717) is 5.69 Å². The van der Waals surface area contributed by atoms with E-state index in [1.807, 2.05) is 18.2 Å². The Labute approximate surface area is 151 Å². The fraction of sp³-hybridized carbons (Fsp3) is 0.211. The summed E-state index contributed by atoms with van der Waals surface area (Å²) in [4.78, 5) is 35.1. The quantitative estimate of drug-likeness (QED) is 0.674. The molecule has 0 saturated carbocycles. The van der Waals surface area contributed by atoms with Crippen LogP contribution in [-0.2, 0) is 20.9 Å². The zero-order valence-electron chi connectivity index (χ0n) is 14.1. The molecule has 1 atom stereocenters. The van der Waals surface area contributed by atoms with Crippen molar-refractivity contribution in [2.24, 2.45) is 0 Å². The average Bonchev–Trinajstić information content (AvgIpc) is 2.65. The summed E-state index contributed by atoms with van der Waals surface area (Å²) in [5.74, 6) is -1.56. The van der Waals surface area contributed by atoms with Crippen molar-refractivity contribution in [1.82, 2.24) is 5.32 Å². The van der Waals surface area contributed by atoms with E-state index in [1.165, 1.54) is 0 Å². The van der Waals surface area contributed by atoms with E-state index < -0.39 is 24.0 Å². The van der Waals surface area contributed by atoms with Crippen LogP contribution in [0.15, 0.2) is 60.7 Å². The van der Waals surface area contributed by atoms with Gasteiger partial charge in [-0.15, -0.1) is 0 Å². The lowest BCUT2D eigenvalue weighted by molar-refractivity contribution is -0.137. The number of hydrogen-bond acceptors (Lipinski definition) is 4. The fourth-order valence-corrected chi connectivity index (χ4v) is 2.19. The summed E-state index contributed by atoms with van der Waals surface area (Å²) in [7, 11) is 0. The Kier molecular flexibility index (Phi) is 7.17. The molecule has 2 rings (SSSR count). The molecule has 0 aromatic heterocycles. The van der Waals surface area contributed by atoms with Crippen LogP contribution in [0.25, 0.3) is 0 Å². The first-order chi connectivity index (χ1) is 12.5. The third kappa shape index (κ3) is 6.64. The third-order valence-electron chi connectivity index (χ3n) is 3.51. The Balaban J connectivity index is 1.93. The van der Waals surface area contributed by atoms with Crippen molar-refractivity contribution < 1.29 is 24.2 Å².